The Labute approximate surface area is 101 Å². The topological polar surface area (TPSA) is 66.4 Å². The second-order valence-electron chi connectivity index (χ2n) is 4.04. The number of aliphatic carboxylic acids is 1. The number of hydrogen-bond donors (Lipinski definition) is 2. The highest BCUT2D eigenvalue weighted by atomic mass is 16.4. The average Bonchev–Trinajstić information content (AvgIpc) is 2.30. The van der Waals surface area contributed by atoms with Gasteiger partial charge in [-0.25, -0.2) is 0 Å². The molecule has 0 saturated heterocycles. The lowest BCUT2D eigenvalue weighted by molar-refractivity contribution is -0.144. The number of rotatable bonds is 4. The van der Waals surface area contributed by atoms with E-state index >= 15 is 0 Å². The standard InChI is InChI=1S/C13H17NO3/c1-4-10-7-11(6-5-8(10)2)14-12(15)9(3)13(16)17/h5-7,9H,4H2,1-3H3,(H,14,15)(H,16,17). The fourth-order valence-electron chi connectivity index (χ4n) is 1.49. The van der Waals surface area contributed by atoms with E-state index in [0.29, 0.717) is 5.69 Å². The molecule has 0 aliphatic carbocycles. The zero-order chi connectivity index (χ0) is 13.0. The lowest BCUT2D eigenvalue weighted by atomic mass is 10.1. The molecular formula is C13H17NO3. The van der Waals surface area contributed by atoms with Crippen LogP contribution in [0.5, 0.6) is 0 Å². The minimum absolute atomic E-state index is 0.497. The van der Waals surface area contributed by atoms with E-state index in [0.717, 1.165) is 17.5 Å². The second-order valence-corrected chi connectivity index (χ2v) is 4.04. The van der Waals surface area contributed by atoms with Gasteiger partial charge in [-0.3, -0.25) is 9.59 Å². The highest BCUT2D eigenvalue weighted by molar-refractivity contribution is 6.03. The maximum absolute atomic E-state index is 11.5. The Morgan fingerprint density at radius 1 is 1.41 bits per heavy atom. The van der Waals surface area contributed by atoms with E-state index < -0.39 is 17.8 Å². The predicted octanol–water partition coefficient (Wildman–Crippen LogP) is 2.22. The van der Waals surface area contributed by atoms with Crippen LogP contribution >= 0.6 is 0 Å². The van der Waals surface area contributed by atoms with Crippen LogP contribution in [0.4, 0.5) is 5.69 Å². The first-order valence-electron chi connectivity index (χ1n) is 5.59. The van der Waals surface area contributed by atoms with E-state index in [4.69, 9.17) is 5.11 Å². The first-order chi connectivity index (χ1) is 7.95. The minimum atomic E-state index is -1.12. The molecule has 92 valence electrons. The summed E-state index contributed by atoms with van der Waals surface area (Å²) < 4.78 is 0. The van der Waals surface area contributed by atoms with Crippen LogP contribution in [0.15, 0.2) is 18.2 Å². The van der Waals surface area contributed by atoms with Gasteiger partial charge in [0.15, 0.2) is 0 Å². The van der Waals surface area contributed by atoms with Gasteiger partial charge in [0.2, 0.25) is 5.91 Å². The van der Waals surface area contributed by atoms with Crippen molar-refractivity contribution in [2.45, 2.75) is 27.2 Å². The molecule has 2 N–H and O–H groups in total. The summed E-state index contributed by atoms with van der Waals surface area (Å²) >= 11 is 0. The molecule has 0 saturated carbocycles. The Hall–Kier alpha value is -1.84. The van der Waals surface area contributed by atoms with Crippen molar-refractivity contribution in [3.05, 3.63) is 29.3 Å². The Bertz CT molecular complexity index is 440. The summed E-state index contributed by atoms with van der Waals surface area (Å²) in [7, 11) is 0. The van der Waals surface area contributed by atoms with Gasteiger partial charge in [-0.2, -0.15) is 0 Å². The third kappa shape index (κ3) is 3.31. The largest absolute Gasteiger partial charge is 0.481 e. The number of amides is 1. The molecule has 0 heterocycles. The van der Waals surface area contributed by atoms with Crippen molar-refractivity contribution in [3.63, 3.8) is 0 Å². The molecule has 0 aromatic heterocycles. The van der Waals surface area contributed by atoms with Gasteiger partial charge in [-0.05, 0) is 43.5 Å². The Balaban J connectivity index is 2.82. The number of aryl methyl sites for hydroxylation is 2. The van der Waals surface area contributed by atoms with Gasteiger partial charge in [-0.15, -0.1) is 0 Å². The average molecular weight is 235 g/mol. The molecule has 0 aliphatic heterocycles. The number of anilines is 1. The number of carboxylic acids is 1. The lowest BCUT2D eigenvalue weighted by Crippen LogP contribution is -2.26. The Morgan fingerprint density at radius 3 is 2.59 bits per heavy atom. The number of carbonyl (C=O) groups excluding carboxylic acids is 1. The first kappa shape index (κ1) is 13.2. The number of nitrogens with one attached hydrogen (secondary N) is 1. The van der Waals surface area contributed by atoms with Crippen molar-refractivity contribution in [3.8, 4) is 0 Å². The zero-order valence-corrected chi connectivity index (χ0v) is 10.3. The van der Waals surface area contributed by atoms with Crippen molar-refractivity contribution in [2.75, 3.05) is 5.32 Å². The SMILES string of the molecule is CCc1cc(NC(=O)C(C)C(=O)O)ccc1C. The predicted molar refractivity (Wildman–Crippen MR) is 66.0 cm³/mol. The monoisotopic (exact) mass is 235 g/mol. The van der Waals surface area contributed by atoms with Crippen LogP contribution in [0.25, 0.3) is 0 Å². The van der Waals surface area contributed by atoms with Crippen LogP contribution in [-0.4, -0.2) is 17.0 Å². The number of hydrogen-bond acceptors (Lipinski definition) is 2. The van der Waals surface area contributed by atoms with Gasteiger partial charge in [0, 0.05) is 5.69 Å². The molecule has 0 bridgehead atoms. The Kier molecular flexibility index (Phi) is 4.26. The number of carbonyl (C=O) groups is 2. The highest BCUT2D eigenvalue weighted by Gasteiger charge is 2.20. The molecule has 1 rings (SSSR count). The van der Waals surface area contributed by atoms with Crippen molar-refractivity contribution in [1.29, 1.82) is 0 Å². The Morgan fingerprint density at radius 2 is 2.06 bits per heavy atom. The molecule has 0 aliphatic rings. The van der Waals surface area contributed by atoms with Gasteiger partial charge in [0.05, 0.1) is 0 Å². The number of carboxylic acid groups (broad SMARTS) is 1. The number of benzene rings is 1. The molecule has 0 fully saturated rings. The summed E-state index contributed by atoms with van der Waals surface area (Å²) in [4.78, 5) is 22.2. The van der Waals surface area contributed by atoms with Crippen molar-refractivity contribution >= 4 is 17.6 Å². The molecule has 1 atom stereocenters. The van der Waals surface area contributed by atoms with Gasteiger partial charge in [0.25, 0.3) is 0 Å². The van der Waals surface area contributed by atoms with Crippen LogP contribution in [-0.2, 0) is 16.0 Å². The molecule has 1 aromatic rings. The lowest BCUT2D eigenvalue weighted by Gasteiger charge is -2.10. The van der Waals surface area contributed by atoms with Crippen molar-refractivity contribution in [2.24, 2.45) is 5.92 Å². The van der Waals surface area contributed by atoms with E-state index in [1.54, 1.807) is 6.07 Å². The van der Waals surface area contributed by atoms with Crippen molar-refractivity contribution in [1.82, 2.24) is 0 Å². The summed E-state index contributed by atoms with van der Waals surface area (Å²) in [5.41, 5.74) is 2.95. The third-order valence-electron chi connectivity index (χ3n) is 2.76. The normalized spacial score (nSPS) is 11.9. The fourth-order valence-corrected chi connectivity index (χ4v) is 1.49. The molecule has 0 radical (unpaired) electrons. The maximum Gasteiger partial charge on any atom is 0.315 e. The summed E-state index contributed by atoms with van der Waals surface area (Å²) in [6.45, 7) is 5.41. The molecular weight excluding hydrogens is 218 g/mol. The van der Waals surface area contributed by atoms with Gasteiger partial charge < -0.3 is 10.4 Å². The van der Waals surface area contributed by atoms with Gasteiger partial charge in [-0.1, -0.05) is 13.0 Å². The minimum Gasteiger partial charge on any atom is -0.481 e. The summed E-state index contributed by atoms with van der Waals surface area (Å²) in [5.74, 6) is -2.66. The highest BCUT2D eigenvalue weighted by Crippen LogP contribution is 2.16. The molecule has 0 spiro atoms. The summed E-state index contributed by atoms with van der Waals surface area (Å²) in [6.07, 6.45) is 0.879. The first-order valence-corrected chi connectivity index (χ1v) is 5.59. The molecule has 4 nitrogen and oxygen atoms in total. The van der Waals surface area contributed by atoms with Gasteiger partial charge >= 0.3 is 5.97 Å². The van der Waals surface area contributed by atoms with E-state index in [1.165, 1.54) is 6.92 Å². The third-order valence-corrected chi connectivity index (χ3v) is 2.76. The summed E-state index contributed by atoms with van der Waals surface area (Å²) in [5, 5.41) is 11.3. The molecule has 4 heteroatoms. The van der Waals surface area contributed by atoms with Crippen LogP contribution < -0.4 is 5.32 Å². The smallest absolute Gasteiger partial charge is 0.315 e. The van der Waals surface area contributed by atoms with E-state index in [1.807, 2.05) is 26.0 Å². The quantitative estimate of drug-likeness (QED) is 0.786. The summed E-state index contributed by atoms with van der Waals surface area (Å²) in [6, 6.07) is 5.57. The fraction of sp³-hybridized carbons (Fsp3) is 0.385. The van der Waals surface area contributed by atoms with Crippen LogP contribution in [0, 0.1) is 12.8 Å². The molecule has 1 amide bonds. The van der Waals surface area contributed by atoms with E-state index in [9.17, 15) is 9.59 Å². The van der Waals surface area contributed by atoms with E-state index in [-0.39, 0.29) is 0 Å². The van der Waals surface area contributed by atoms with Crippen molar-refractivity contribution < 1.29 is 14.7 Å². The molecule has 1 unspecified atom stereocenters. The van der Waals surface area contributed by atoms with Gasteiger partial charge in [0.1, 0.15) is 5.92 Å². The van der Waals surface area contributed by atoms with E-state index in [2.05, 4.69) is 5.32 Å². The molecule has 17 heavy (non-hydrogen) atoms. The second kappa shape index (κ2) is 5.48. The zero-order valence-electron chi connectivity index (χ0n) is 10.3. The van der Waals surface area contributed by atoms with Crippen LogP contribution in [0.3, 0.4) is 0 Å². The maximum atomic E-state index is 11.5. The van der Waals surface area contributed by atoms with Crippen LogP contribution in [0.2, 0.25) is 0 Å². The van der Waals surface area contributed by atoms with Crippen LogP contribution in [0.1, 0.15) is 25.0 Å². The molecule has 1 aromatic carbocycles.